The standard InChI is InChI=1S/C20H16FN5/c1-12-3-6-17-15(9-12)19(24-14-4-5-16(21)13(2)10-14)26-20(25-17)18-11-22-7-8-23-18/h3-11H,1-2H3,(H,24,25,26). The number of anilines is 2. The Bertz CT molecular complexity index is 1100. The van der Waals surface area contributed by atoms with Crippen LogP contribution in [0.3, 0.4) is 0 Å². The molecule has 2 aromatic carbocycles. The summed E-state index contributed by atoms with van der Waals surface area (Å²) < 4.78 is 13.6. The van der Waals surface area contributed by atoms with Gasteiger partial charge in [0.2, 0.25) is 0 Å². The number of nitrogens with zero attached hydrogens (tertiary/aromatic N) is 4. The number of rotatable bonds is 3. The van der Waals surface area contributed by atoms with Crippen molar-refractivity contribution in [2.45, 2.75) is 13.8 Å². The lowest BCUT2D eigenvalue weighted by molar-refractivity contribution is 0.619. The summed E-state index contributed by atoms with van der Waals surface area (Å²) in [4.78, 5) is 17.6. The monoisotopic (exact) mass is 345 g/mol. The van der Waals surface area contributed by atoms with Crippen LogP contribution in [0, 0.1) is 19.7 Å². The van der Waals surface area contributed by atoms with Gasteiger partial charge in [0.1, 0.15) is 17.3 Å². The number of aryl methyl sites for hydroxylation is 2. The summed E-state index contributed by atoms with van der Waals surface area (Å²) in [6.07, 6.45) is 4.84. The summed E-state index contributed by atoms with van der Waals surface area (Å²) in [5.41, 5.74) is 3.82. The van der Waals surface area contributed by atoms with Crippen molar-refractivity contribution in [2.75, 3.05) is 5.32 Å². The third-order valence-corrected chi connectivity index (χ3v) is 4.06. The highest BCUT2D eigenvalue weighted by molar-refractivity contribution is 5.92. The molecule has 0 bridgehead atoms. The largest absolute Gasteiger partial charge is 0.340 e. The molecular weight excluding hydrogens is 329 g/mol. The maximum Gasteiger partial charge on any atom is 0.182 e. The fourth-order valence-corrected chi connectivity index (χ4v) is 2.73. The Morgan fingerprint density at radius 3 is 2.62 bits per heavy atom. The third kappa shape index (κ3) is 3.09. The topological polar surface area (TPSA) is 63.6 Å². The van der Waals surface area contributed by atoms with E-state index in [1.807, 2.05) is 25.1 Å². The van der Waals surface area contributed by atoms with Crippen LogP contribution in [0.15, 0.2) is 55.0 Å². The molecule has 0 saturated heterocycles. The number of benzene rings is 2. The molecule has 0 saturated carbocycles. The van der Waals surface area contributed by atoms with Crippen molar-refractivity contribution in [2.24, 2.45) is 0 Å². The molecule has 6 heteroatoms. The lowest BCUT2D eigenvalue weighted by atomic mass is 10.1. The number of hydrogen-bond donors (Lipinski definition) is 1. The molecular formula is C20H16FN5. The molecule has 0 fully saturated rings. The number of fused-ring (bicyclic) bond motifs is 1. The van der Waals surface area contributed by atoms with Gasteiger partial charge < -0.3 is 5.32 Å². The van der Waals surface area contributed by atoms with Gasteiger partial charge in [-0.25, -0.2) is 19.3 Å². The van der Waals surface area contributed by atoms with Gasteiger partial charge in [-0.15, -0.1) is 0 Å². The first-order valence-corrected chi connectivity index (χ1v) is 8.18. The fraction of sp³-hybridized carbons (Fsp3) is 0.100. The molecule has 0 radical (unpaired) electrons. The molecule has 128 valence electrons. The zero-order valence-electron chi connectivity index (χ0n) is 14.4. The van der Waals surface area contributed by atoms with Crippen LogP contribution in [0.1, 0.15) is 11.1 Å². The smallest absolute Gasteiger partial charge is 0.182 e. The summed E-state index contributed by atoms with van der Waals surface area (Å²) in [6.45, 7) is 3.75. The summed E-state index contributed by atoms with van der Waals surface area (Å²) in [7, 11) is 0. The van der Waals surface area contributed by atoms with Gasteiger partial charge in [0.25, 0.3) is 0 Å². The maximum atomic E-state index is 13.6. The van der Waals surface area contributed by atoms with Crippen LogP contribution in [-0.4, -0.2) is 19.9 Å². The van der Waals surface area contributed by atoms with Crippen molar-refractivity contribution in [1.29, 1.82) is 0 Å². The van der Waals surface area contributed by atoms with Gasteiger partial charge in [-0.1, -0.05) is 11.6 Å². The normalized spacial score (nSPS) is 10.9. The predicted molar refractivity (Wildman–Crippen MR) is 99.7 cm³/mol. The molecule has 0 spiro atoms. The number of hydrogen-bond acceptors (Lipinski definition) is 5. The van der Waals surface area contributed by atoms with Crippen molar-refractivity contribution in [1.82, 2.24) is 19.9 Å². The molecule has 0 unspecified atom stereocenters. The summed E-state index contributed by atoms with van der Waals surface area (Å²) in [5.74, 6) is 0.889. The molecule has 0 aliphatic heterocycles. The Hall–Kier alpha value is -3.41. The first-order chi connectivity index (χ1) is 12.6. The zero-order valence-corrected chi connectivity index (χ0v) is 14.4. The van der Waals surface area contributed by atoms with Crippen LogP contribution in [0.2, 0.25) is 0 Å². The molecule has 2 heterocycles. The molecule has 0 amide bonds. The molecule has 0 atom stereocenters. The minimum absolute atomic E-state index is 0.237. The number of halogens is 1. The highest BCUT2D eigenvalue weighted by Gasteiger charge is 2.11. The van der Waals surface area contributed by atoms with Crippen LogP contribution >= 0.6 is 0 Å². The van der Waals surface area contributed by atoms with E-state index in [0.29, 0.717) is 22.9 Å². The van der Waals surface area contributed by atoms with E-state index in [9.17, 15) is 4.39 Å². The Labute approximate surface area is 150 Å². The zero-order chi connectivity index (χ0) is 18.1. The molecule has 0 aliphatic rings. The van der Waals surface area contributed by atoms with E-state index < -0.39 is 0 Å². The van der Waals surface area contributed by atoms with Gasteiger partial charge in [0.15, 0.2) is 5.82 Å². The number of aromatic nitrogens is 4. The molecule has 26 heavy (non-hydrogen) atoms. The van der Waals surface area contributed by atoms with Gasteiger partial charge in [-0.2, -0.15) is 0 Å². The maximum absolute atomic E-state index is 13.6. The second-order valence-electron chi connectivity index (χ2n) is 6.10. The van der Waals surface area contributed by atoms with Crippen LogP contribution in [0.5, 0.6) is 0 Å². The minimum atomic E-state index is -0.237. The van der Waals surface area contributed by atoms with E-state index in [1.165, 1.54) is 6.07 Å². The Balaban J connectivity index is 1.87. The average molecular weight is 345 g/mol. The van der Waals surface area contributed by atoms with Gasteiger partial charge in [0, 0.05) is 23.5 Å². The van der Waals surface area contributed by atoms with Gasteiger partial charge in [0.05, 0.1) is 11.7 Å². The molecule has 0 aliphatic carbocycles. The highest BCUT2D eigenvalue weighted by Crippen LogP contribution is 2.28. The molecule has 2 aromatic heterocycles. The van der Waals surface area contributed by atoms with Crippen molar-refractivity contribution < 1.29 is 4.39 Å². The average Bonchev–Trinajstić information content (AvgIpc) is 2.65. The lowest BCUT2D eigenvalue weighted by Gasteiger charge is -2.12. The third-order valence-electron chi connectivity index (χ3n) is 4.06. The quantitative estimate of drug-likeness (QED) is 0.588. The number of nitrogens with one attached hydrogen (secondary N) is 1. The SMILES string of the molecule is Cc1ccc2nc(-c3cnccn3)nc(Nc3ccc(F)c(C)c3)c2c1. The summed E-state index contributed by atoms with van der Waals surface area (Å²) in [5, 5.41) is 4.17. The van der Waals surface area contributed by atoms with E-state index in [2.05, 4.69) is 25.3 Å². The lowest BCUT2D eigenvalue weighted by Crippen LogP contribution is -2.01. The van der Waals surface area contributed by atoms with E-state index >= 15 is 0 Å². The van der Waals surface area contributed by atoms with Crippen molar-refractivity contribution >= 4 is 22.4 Å². The predicted octanol–water partition coefficient (Wildman–Crippen LogP) is 4.59. The Morgan fingerprint density at radius 1 is 0.962 bits per heavy atom. The minimum Gasteiger partial charge on any atom is -0.340 e. The van der Waals surface area contributed by atoms with Crippen LogP contribution in [0.4, 0.5) is 15.9 Å². The first kappa shape index (κ1) is 16.1. The van der Waals surface area contributed by atoms with Gasteiger partial charge in [-0.05, 0) is 49.7 Å². The first-order valence-electron chi connectivity index (χ1n) is 8.18. The Kier molecular flexibility index (Phi) is 4.01. The van der Waals surface area contributed by atoms with Crippen LogP contribution < -0.4 is 5.32 Å². The molecule has 5 nitrogen and oxygen atoms in total. The summed E-state index contributed by atoms with van der Waals surface area (Å²) >= 11 is 0. The van der Waals surface area contributed by atoms with Crippen molar-refractivity contribution in [3.8, 4) is 11.5 Å². The fourth-order valence-electron chi connectivity index (χ4n) is 2.73. The van der Waals surface area contributed by atoms with E-state index in [-0.39, 0.29) is 5.82 Å². The second kappa shape index (κ2) is 6.48. The van der Waals surface area contributed by atoms with Crippen LogP contribution in [-0.2, 0) is 0 Å². The van der Waals surface area contributed by atoms with E-state index in [0.717, 1.165) is 22.2 Å². The molecule has 4 aromatic rings. The second-order valence-corrected chi connectivity index (χ2v) is 6.10. The van der Waals surface area contributed by atoms with Gasteiger partial charge >= 0.3 is 0 Å². The van der Waals surface area contributed by atoms with Gasteiger partial charge in [-0.3, -0.25) is 4.98 Å². The Morgan fingerprint density at radius 2 is 1.85 bits per heavy atom. The van der Waals surface area contributed by atoms with Crippen molar-refractivity contribution in [3.63, 3.8) is 0 Å². The highest BCUT2D eigenvalue weighted by atomic mass is 19.1. The van der Waals surface area contributed by atoms with E-state index in [4.69, 9.17) is 0 Å². The molecule has 4 rings (SSSR count). The summed E-state index contributed by atoms with van der Waals surface area (Å²) in [6, 6.07) is 10.9. The molecule has 1 N–H and O–H groups in total. The van der Waals surface area contributed by atoms with E-state index in [1.54, 1.807) is 37.6 Å². The van der Waals surface area contributed by atoms with Crippen LogP contribution in [0.25, 0.3) is 22.4 Å². The van der Waals surface area contributed by atoms with Crippen molar-refractivity contribution in [3.05, 3.63) is 71.9 Å².